The van der Waals surface area contributed by atoms with E-state index >= 15 is 0 Å². The molecule has 2 rings (SSSR count). The lowest BCUT2D eigenvalue weighted by Gasteiger charge is -2.41. The number of nitrogens with zero attached hydrogens (tertiary/aromatic N) is 1. The molecule has 2 nitrogen and oxygen atoms in total. The summed E-state index contributed by atoms with van der Waals surface area (Å²) in [5.41, 5.74) is 9.40. The van der Waals surface area contributed by atoms with Crippen LogP contribution in [0.5, 0.6) is 0 Å². The van der Waals surface area contributed by atoms with Gasteiger partial charge in [-0.25, -0.2) is 0 Å². The first kappa shape index (κ1) is 13.3. The molecule has 0 amide bonds. The first-order valence-corrected chi connectivity index (χ1v) is 7.09. The maximum atomic E-state index is 5.87. The Morgan fingerprint density at radius 1 is 1.39 bits per heavy atom. The fraction of sp³-hybridized carbons (Fsp3) is 0.533. The van der Waals surface area contributed by atoms with Crippen molar-refractivity contribution >= 4 is 22.9 Å². The van der Waals surface area contributed by atoms with Crippen LogP contribution >= 0.6 is 12.2 Å². The van der Waals surface area contributed by atoms with E-state index in [4.69, 9.17) is 18.0 Å². The molecule has 1 aromatic carbocycles. The molecule has 2 atom stereocenters. The van der Waals surface area contributed by atoms with Gasteiger partial charge in [0.1, 0.15) is 4.99 Å². The minimum absolute atomic E-state index is 0.499. The third-order valence-electron chi connectivity index (χ3n) is 4.16. The lowest BCUT2D eigenvalue weighted by molar-refractivity contribution is 0.363. The van der Waals surface area contributed by atoms with E-state index in [2.05, 4.69) is 31.7 Å². The number of aryl methyl sites for hydroxylation is 1. The Hall–Kier alpha value is -1.09. The molecule has 0 bridgehead atoms. The van der Waals surface area contributed by atoms with Gasteiger partial charge in [0.15, 0.2) is 0 Å². The summed E-state index contributed by atoms with van der Waals surface area (Å²) in [5, 5.41) is 0. The Balaban J connectivity index is 2.46. The highest BCUT2D eigenvalue weighted by Gasteiger charge is 2.27. The number of piperidine rings is 1. The normalized spacial score (nSPS) is 24.1. The lowest BCUT2D eigenvalue weighted by atomic mass is 9.90. The molecule has 2 N–H and O–H groups in total. The van der Waals surface area contributed by atoms with Gasteiger partial charge in [-0.2, -0.15) is 0 Å². The Bertz CT molecular complexity index is 456. The molecule has 98 valence electrons. The molecule has 0 aromatic heterocycles. The topological polar surface area (TPSA) is 29.3 Å². The summed E-state index contributed by atoms with van der Waals surface area (Å²) in [4.78, 5) is 2.98. The molecule has 1 heterocycles. The van der Waals surface area contributed by atoms with Gasteiger partial charge in [-0.3, -0.25) is 0 Å². The molecular formula is C15H22N2S. The second-order valence-corrected chi connectivity index (χ2v) is 5.83. The standard InChI is InChI=1S/C15H22N2S/c1-10-7-5-9-17(12(10)3)14-11(2)6-4-8-13(14)15(16)18/h4,6,8,10,12H,5,7,9H2,1-3H3,(H2,16,18). The van der Waals surface area contributed by atoms with Gasteiger partial charge in [0, 0.05) is 18.2 Å². The fourth-order valence-electron chi connectivity index (χ4n) is 2.89. The van der Waals surface area contributed by atoms with Crippen molar-refractivity contribution in [1.29, 1.82) is 0 Å². The zero-order chi connectivity index (χ0) is 13.3. The maximum absolute atomic E-state index is 5.87. The highest BCUT2D eigenvalue weighted by atomic mass is 32.1. The van der Waals surface area contributed by atoms with Gasteiger partial charge in [0.05, 0.1) is 5.69 Å². The number of hydrogen-bond donors (Lipinski definition) is 1. The van der Waals surface area contributed by atoms with Crippen LogP contribution in [0.15, 0.2) is 18.2 Å². The molecule has 0 radical (unpaired) electrons. The van der Waals surface area contributed by atoms with E-state index < -0.39 is 0 Å². The van der Waals surface area contributed by atoms with Gasteiger partial charge in [-0.1, -0.05) is 31.3 Å². The van der Waals surface area contributed by atoms with Gasteiger partial charge in [-0.05, 0) is 44.2 Å². The van der Waals surface area contributed by atoms with Crippen LogP contribution in [0.1, 0.15) is 37.8 Å². The summed E-state index contributed by atoms with van der Waals surface area (Å²) in [6, 6.07) is 6.76. The number of anilines is 1. The molecule has 1 aromatic rings. The van der Waals surface area contributed by atoms with Crippen molar-refractivity contribution in [3.63, 3.8) is 0 Å². The van der Waals surface area contributed by atoms with E-state index in [1.807, 2.05) is 12.1 Å². The van der Waals surface area contributed by atoms with Crippen LogP contribution in [-0.2, 0) is 0 Å². The largest absolute Gasteiger partial charge is 0.389 e. The van der Waals surface area contributed by atoms with Crippen LogP contribution in [0.25, 0.3) is 0 Å². The number of nitrogens with two attached hydrogens (primary N) is 1. The second kappa shape index (κ2) is 5.27. The highest BCUT2D eigenvalue weighted by Crippen LogP contribution is 2.33. The fourth-order valence-corrected chi connectivity index (χ4v) is 3.05. The average molecular weight is 262 g/mol. The van der Waals surface area contributed by atoms with Crippen LogP contribution in [0.2, 0.25) is 0 Å². The van der Waals surface area contributed by atoms with Gasteiger partial charge in [0.25, 0.3) is 0 Å². The smallest absolute Gasteiger partial charge is 0.106 e. The van der Waals surface area contributed by atoms with Crippen LogP contribution < -0.4 is 10.6 Å². The summed E-state index contributed by atoms with van der Waals surface area (Å²) in [5.74, 6) is 0.720. The Morgan fingerprint density at radius 2 is 2.11 bits per heavy atom. The zero-order valence-corrected chi connectivity index (χ0v) is 12.3. The maximum Gasteiger partial charge on any atom is 0.106 e. The highest BCUT2D eigenvalue weighted by molar-refractivity contribution is 7.80. The molecule has 1 aliphatic heterocycles. The van der Waals surface area contributed by atoms with Crippen molar-refractivity contribution in [2.24, 2.45) is 11.7 Å². The first-order valence-electron chi connectivity index (χ1n) is 6.68. The molecule has 2 unspecified atom stereocenters. The Labute approximate surface area is 115 Å². The molecule has 0 aliphatic carbocycles. The van der Waals surface area contributed by atoms with Crippen molar-refractivity contribution in [3.05, 3.63) is 29.3 Å². The molecular weight excluding hydrogens is 240 g/mol. The Kier molecular flexibility index (Phi) is 3.91. The van der Waals surface area contributed by atoms with E-state index in [0.717, 1.165) is 18.0 Å². The number of rotatable bonds is 2. The van der Waals surface area contributed by atoms with E-state index in [9.17, 15) is 0 Å². The van der Waals surface area contributed by atoms with Crippen molar-refractivity contribution < 1.29 is 0 Å². The number of thiocarbonyl (C=S) groups is 1. The van der Waals surface area contributed by atoms with Gasteiger partial charge >= 0.3 is 0 Å². The summed E-state index contributed by atoms with van der Waals surface area (Å²) < 4.78 is 0. The van der Waals surface area contributed by atoms with Crippen LogP contribution in [0.3, 0.4) is 0 Å². The number of para-hydroxylation sites is 1. The first-order chi connectivity index (χ1) is 8.52. The molecule has 3 heteroatoms. The molecule has 0 saturated carbocycles. The van der Waals surface area contributed by atoms with Crippen molar-refractivity contribution in [3.8, 4) is 0 Å². The van der Waals surface area contributed by atoms with Gasteiger partial charge in [-0.15, -0.1) is 0 Å². The van der Waals surface area contributed by atoms with E-state index in [1.54, 1.807) is 0 Å². The SMILES string of the molecule is Cc1cccc(C(N)=S)c1N1CCCC(C)C1C. The zero-order valence-electron chi connectivity index (χ0n) is 11.4. The predicted octanol–water partition coefficient (Wildman–Crippen LogP) is 3.25. The van der Waals surface area contributed by atoms with Crippen LogP contribution in [0.4, 0.5) is 5.69 Å². The monoisotopic (exact) mass is 262 g/mol. The molecule has 1 saturated heterocycles. The molecule has 1 aliphatic rings. The van der Waals surface area contributed by atoms with E-state index in [0.29, 0.717) is 11.0 Å². The van der Waals surface area contributed by atoms with Crippen molar-refractivity contribution in [1.82, 2.24) is 0 Å². The molecule has 0 spiro atoms. The third kappa shape index (κ3) is 2.37. The minimum Gasteiger partial charge on any atom is -0.389 e. The quantitative estimate of drug-likeness (QED) is 0.830. The van der Waals surface area contributed by atoms with Crippen LogP contribution in [0, 0.1) is 12.8 Å². The summed E-state index contributed by atoms with van der Waals surface area (Å²) in [6.07, 6.45) is 2.56. The van der Waals surface area contributed by atoms with E-state index in [-0.39, 0.29) is 0 Å². The average Bonchev–Trinajstić information content (AvgIpc) is 2.33. The summed E-state index contributed by atoms with van der Waals surface area (Å²) >= 11 is 5.20. The van der Waals surface area contributed by atoms with Crippen LogP contribution in [-0.4, -0.2) is 17.6 Å². The summed E-state index contributed by atoms with van der Waals surface area (Å²) in [6.45, 7) is 7.88. The van der Waals surface area contributed by atoms with E-state index in [1.165, 1.54) is 24.1 Å². The Morgan fingerprint density at radius 3 is 2.78 bits per heavy atom. The van der Waals surface area contributed by atoms with Gasteiger partial charge in [0.2, 0.25) is 0 Å². The second-order valence-electron chi connectivity index (χ2n) is 5.39. The number of hydrogen-bond acceptors (Lipinski definition) is 2. The lowest BCUT2D eigenvalue weighted by Crippen LogP contribution is -2.43. The van der Waals surface area contributed by atoms with Crippen molar-refractivity contribution in [2.75, 3.05) is 11.4 Å². The summed E-state index contributed by atoms with van der Waals surface area (Å²) in [7, 11) is 0. The number of benzene rings is 1. The molecule has 18 heavy (non-hydrogen) atoms. The minimum atomic E-state index is 0.499. The third-order valence-corrected chi connectivity index (χ3v) is 4.38. The van der Waals surface area contributed by atoms with Crippen molar-refractivity contribution in [2.45, 2.75) is 39.7 Å². The molecule has 1 fully saturated rings. The predicted molar refractivity (Wildman–Crippen MR) is 82.3 cm³/mol. The van der Waals surface area contributed by atoms with Gasteiger partial charge < -0.3 is 10.6 Å².